The molecule has 7 nitrogen and oxygen atoms in total. The number of nitrogens with zero attached hydrogens (tertiary/aromatic N) is 1. The van der Waals surface area contributed by atoms with Crippen molar-refractivity contribution >= 4 is 39.7 Å². The number of fused-ring (bicyclic) bond motifs is 2. The number of nitrogens with one attached hydrogen (secondary N) is 3. The van der Waals surface area contributed by atoms with Crippen molar-refractivity contribution in [2.24, 2.45) is 5.10 Å². The Morgan fingerprint density at radius 3 is 2.53 bits per heavy atom. The molecule has 30 heavy (non-hydrogen) atoms. The molecule has 0 aliphatic carbocycles. The average molecular weight is 398 g/mol. The number of carbonyl (C=O) groups excluding carboxylic acids is 2. The van der Waals surface area contributed by atoms with Gasteiger partial charge in [-0.05, 0) is 34.4 Å². The van der Waals surface area contributed by atoms with E-state index in [9.17, 15) is 14.4 Å². The Labute approximate surface area is 171 Å². The summed E-state index contributed by atoms with van der Waals surface area (Å²) in [6.45, 7) is -0.243. The highest BCUT2D eigenvalue weighted by Gasteiger charge is 2.10. The molecule has 0 aliphatic heterocycles. The number of aromatic nitrogens is 1. The third-order valence-corrected chi connectivity index (χ3v) is 4.62. The van der Waals surface area contributed by atoms with E-state index in [1.807, 2.05) is 48.5 Å². The molecule has 1 heterocycles. The van der Waals surface area contributed by atoms with E-state index in [0.717, 1.165) is 21.7 Å². The zero-order valence-electron chi connectivity index (χ0n) is 15.9. The van der Waals surface area contributed by atoms with Crippen molar-refractivity contribution in [1.82, 2.24) is 15.7 Å². The van der Waals surface area contributed by atoms with Gasteiger partial charge in [-0.3, -0.25) is 14.4 Å². The predicted molar refractivity (Wildman–Crippen MR) is 117 cm³/mol. The summed E-state index contributed by atoms with van der Waals surface area (Å²) in [7, 11) is 0. The molecule has 0 aliphatic rings. The SMILES string of the molecule is O=C(CNC(=O)c1cccc2ccccc12)N/N=C\c1cc2ccccc2[nH]c1=O. The van der Waals surface area contributed by atoms with Crippen molar-refractivity contribution in [1.29, 1.82) is 0 Å². The van der Waals surface area contributed by atoms with Crippen LogP contribution < -0.4 is 16.3 Å². The maximum absolute atomic E-state index is 12.5. The first-order valence-corrected chi connectivity index (χ1v) is 9.32. The number of amides is 2. The molecule has 4 aromatic rings. The number of para-hydroxylation sites is 1. The number of H-pyrrole nitrogens is 1. The lowest BCUT2D eigenvalue weighted by molar-refractivity contribution is -0.120. The summed E-state index contributed by atoms with van der Waals surface area (Å²) in [6, 6.07) is 22.0. The first-order chi connectivity index (χ1) is 14.6. The Kier molecular flexibility index (Phi) is 5.34. The van der Waals surface area contributed by atoms with Gasteiger partial charge in [0.25, 0.3) is 17.4 Å². The fraction of sp³-hybridized carbons (Fsp3) is 0.0435. The van der Waals surface area contributed by atoms with E-state index in [1.54, 1.807) is 24.3 Å². The fourth-order valence-electron chi connectivity index (χ4n) is 3.15. The van der Waals surface area contributed by atoms with Gasteiger partial charge < -0.3 is 10.3 Å². The minimum atomic E-state index is -0.503. The van der Waals surface area contributed by atoms with Crippen molar-refractivity contribution in [3.8, 4) is 0 Å². The van der Waals surface area contributed by atoms with Crippen molar-refractivity contribution in [2.45, 2.75) is 0 Å². The smallest absolute Gasteiger partial charge is 0.259 e. The second kappa shape index (κ2) is 8.40. The molecule has 0 saturated carbocycles. The van der Waals surface area contributed by atoms with Gasteiger partial charge in [-0.25, -0.2) is 5.43 Å². The van der Waals surface area contributed by atoms with E-state index < -0.39 is 5.91 Å². The third-order valence-electron chi connectivity index (χ3n) is 4.62. The Balaban J connectivity index is 1.38. The highest BCUT2D eigenvalue weighted by atomic mass is 16.2. The number of aromatic amines is 1. The largest absolute Gasteiger partial charge is 0.343 e. The van der Waals surface area contributed by atoms with Crippen molar-refractivity contribution < 1.29 is 9.59 Å². The van der Waals surface area contributed by atoms with E-state index in [1.165, 1.54) is 6.21 Å². The molecule has 0 atom stereocenters. The Bertz CT molecular complexity index is 1340. The summed E-state index contributed by atoms with van der Waals surface area (Å²) in [5, 5.41) is 9.01. The van der Waals surface area contributed by atoms with E-state index in [4.69, 9.17) is 0 Å². The van der Waals surface area contributed by atoms with Crippen molar-refractivity contribution in [3.63, 3.8) is 0 Å². The van der Waals surface area contributed by atoms with Crippen LogP contribution in [0.2, 0.25) is 0 Å². The number of carbonyl (C=O) groups is 2. The molecule has 0 saturated heterocycles. The van der Waals surface area contributed by atoms with Crippen LogP contribution in [0.1, 0.15) is 15.9 Å². The lowest BCUT2D eigenvalue weighted by atomic mass is 10.0. The first kappa shape index (κ1) is 19.1. The van der Waals surface area contributed by atoms with Crippen LogP contribution in [-0.4, -0.2) is 29.6 Å². The number of rotatable bonds is 5. The molecule has 0 radical (unpaired) electrons. The Morgan fingerprint density at radius 2 is 1.67 bits per heavy atom. The van der Waals surface area contributed by atoms with Crippen LogP contribution in [0.5, 0.6) is 0 Å². The van der Waals surface area contributed by atoms with Crippen LogP contribution in [-0.2, 0) is 4.79 Å². The number of benzene rings is 3. The minimum Gasteiger partial charge on any atom is -0.343 e. The average Bonchev–Trinajstić information content (AvgIpc) is 2.77. The van der Waals surface area contributed by atoms with E-state index >= 15 is 0 Å². The van der Waals surface area contributed by atoms with Crippen LogP contribution in [0.4, 0.5) is 0 Å². The molecular formula is C23H18N4O3. The molecule has 0 unspecified atom stereocenters. The second-order valence-electron chi connectivity index (χ2n) is 6.64. The first-order valence-electron chi connectivity index (χ1n) is 9.32. The van der Waals surface area contributed by atoms with Gasteiger partial charge in [-0.15, -0.1) is 0 Å². The van der Waals surface area contributed by atoms with Gasteiger partial charge >= 0.3 is 0 Å². The van der Waals surface area contributed by atoms with Gasteiger partial charge in [0.1, 0.15) is 0 Å². The number of hydrogen-bond acceptors (Lipinski definition) is 4. The van der Waals surface area contributed by atoms with Crippen LogP contribution >= 0.6 is 0 Å². The summed E-state index contributed by atoms with van der Waals surface area (Å²) in [5.41, 5.74) is 3.53. The highest BCUT2D eigenvalue weighted by molar-refractivity contribution is 6.07. The van der Waals surface area contributed by atoms with Crippen LogP contribution in [0.25, 0.3) is 21.7 Å². The van der Waals surface area contributed by atoms with Crippen LogP contribution in [0.3, 0.4) is 0 Å². The standard InChI is InChI=1S/C23H18N4O3/c28-21(14-24-23(30)19-10-5-8-15-6-1-3-9-18(15)19)27-25-13-17-12-16-7-2-4-11-20(16)26-22(17)29/h1-13H,14H2,(H,24,30)(H,26,29)(H,27,28)/b25-13-. The van der Waals surface area contributed by atoms with E-state index in [2.05, 4.69) is 20.8 Å². The predicted octanol–water partition coefficient (Wildman–Crippen LogP) is 2.56. The molecule has 7 heteroatoms. The number of pyridine rings is 1. The molecule has 3 N–H and O–H groups in total. The van der Waals surface area contributed by atoms with Crippen LogP contribution in [0, 0.1) is 0 Å². The molecule has 4 rings (SSSR count). The molecule has 148 valence electrons. The lowest BCUT2D eigenvalue weighted by Crippen LogP contribution is -2.35. The molecule has 0 bridgehead atoms. The quantitative estimate of drug-likeness (QED) is 0.356. The summed E-state index contributed by atoms with van der Waals surface area (Å²) < 4.78 is 0. The van der Waals surface area contributed by atoms with Gasteiger partial charge in [-0.2, -0.15) is 5.10 Å². The molecular weight excluding hydrogens is 380 g/mol. The van der Waals surface area contributed by atoms with Gasteiger partial charge in [-0.1, -0.05) is 54.6 Å². The molecule has 2 amide bonds. The lowest BCUT2D eigenvalue weighted by Gasteiger charge is -2.07. The van der Waals surface area contributed by atoms with Gasteiger partial charge in [0.05, 0.1) is 18.3 Å². The summed E-state index contributed by atoms with van der Waals surface area (Å²) in [6.07, 6.45) is 1.27. The van der Waals surface area contributed by atoms with Gasteiger partial charge in [0.2, 0.25) is 0 Å². The molecule has 3 aromatic carbocycles. The Morgan fingerprint density at radius 1 is 0.933 bits per heavy atom. The number of hydrogen-bond donors (Lipinski definition) is 3. The summed E-state index contributed by atoms with van der Waals surface area (Å²) >= 11 is 0. The topological polar surface area (TPSA) is 103 Å². The summed E-state index contributed by atoms with van der Waals surface area (Å²) in [5.74, 6) is -0.853. The van der Waals surface area contributed by atoms with Crippen molar-refractivity contribution in [3.05, 3.63) is 94.3 Å². The maximum Gasteiger partial charge on any atom is 0.259 e. The zero-order chi connectivity index (χ0) is 20.9. The molecule has 0 fully saturated rings. The Hall–Kier alpha value is -4.26. The fourth-order valence-corrected chi connectivity index (χ4v) is 3.15. The molecule has 1 aromatic heterocycles. The minimum absolute atomic E-state index is 0.243. The molecule has 0 spiro atoms. The maximum atomic E-state index is 12.5. The zero-order valence-corrected chi connectivity index (χ0v) is 15.9. The number of hydrazone groups is 1. The monoisotopic (exact) mass is 398 g/mol. The van der Waals surface area contributed by atoms with E-state index in [-0.39, 0.29) is 18.0 Å². The van der Waals surface area contributed by atoms with E-state index in [0.29, 0.717) is 11.1 Å². The van der Waals surface area contributed by atoms with Gasteiger partial charge in [0.15, 0.2) is 0 Å². The van der Waals surface area contributed by atoms with Gasteiger partial charge in [0, 0.05) is 11.1 Å². The van der Waals surface area contributed by atoms with Crippen molar-refractivity contribution in [2.75, 3.05) is 6.54 Å². The third kappa shape index (κ3) is 4.10. The van der Waals surface area contributed by atoms with Crippen LogP contribution in [0.15, 0.2) is 82.7 Å². The highest BCUT2D eigenvalue weighted by Crippen LogP contribution is 2.18. The second-order valence-corrected chi connectivity index (χ2v) is 6.64. The summed E-state index contributed by atoms with van der Waals surface area (Å²) in [4.78, 5) is 39.3. The normalized spacial score (nSPS) is 11.1.